The maximum Gasteiger partial charge on any atom is 0.230 e. The van der Waals surface area contributed by atoms with Gasteiger partial charge in [-0.05, 0) is 30.0 Å². The van der Waals surface area contributed by atoms with Crippen molar-refractivity contribution in [3.8, 4) is 11.1 Å². The van der Waals surface area contributed by atoms with Crippen molar-refractivity contribution in [1.29, 1.82) is 0 Å². The molecule has 0 spiro atoms. The number of nitrogens with two attached hydrogens (primary N) is 1. The Bertz CT molecular complexity index is 583. The van der Waals surface area contributed by atoms with Crippen LogP contribution in [0.1, 0.15) is 44.2 Å². The largest absolute Gasteiger partial charge is 0.367 e. The van der Waals surface area contributed by atoms with Crippen molar-refractivity contribution in [3.05, 3.63) is 35.8 Å². The van der Waals surface area contributed by atoms with E-state index in [2.05, 4.69) is 5.16 Å². The molecule has 1 aromatic carbocycles. The summed E-state index contributed by atoms with van der Waals surface area (Å²) in [5.74, 6) is 0.723. The Morgan fingerprint density at radius 1 is 1.10 bits per heavy atom. The van der Waals surface area contributed by atoms with Gasteiger partial charge in [0.2, 0.25) is 5.88 Å². The zero-order chi connectivity index (χ0) is 14.7. The van der Waals surface area contributed by atoms with Gasteiger partial charge in [0.25, 0.3) is 0 Å². The highest BCUT2D eigenvalue weighted by Crippen LogP contribution is 2.34. The molecule has 0 radical (unpaired) electrons. The monoisotopic (exact) mass is 288 g/mol. The summed E-state index contributed by atoms with van der Waals surface area (Å²) in [5, 5.41) is 4.15. The first-order chi connectivity index (χ1) is 10.2. The molecule has 0 aliphatic heterocycles. The normalized spacial score (nSPS) is 16.8. The number of halogens is 1. The van der Waals surface area contributed by atoms with Crippen molar-refractivity contribution in [2.24, 2.45) is 5.92 Å². The van der Waals surface area contributed by atoms with Crippen molar-refractivity contribution in [1.82, 2.24) is 5.16 Å². The quantitative estimate of drug-likeness (QED) is 0.841. The van der Waals surface area contributed by atoms with Crippen LogP contribution in [0.5, 0.6) is 0 Å². The van der Waals surface area contributed by atoms with Crippen LogP contribution >= 0.6 is 0 Å². The van der Waals surface area contributed by atoms with Gasteiger partial charge in [0.1, 0.15) is 5.82 Å². The highest BCUT2D eigenvalue weighted by molar-refractivity contribution is 5.74. The fourth-order valence-corrected chi connectivity index (χ4v) is 3.24. The molecule has 3 nitrogen and oxygen atoms in total. The lowest BCUT2D eigenvalue weighted by atomic mass is 9.92. The summed E-state index contributed by atoms with van der Waals surface area (Å²) >= 11 is 0. The summed E-state index contributed by atoms with van der Waals surface area (Å²) in [6.07, 6.45) is 8.65. The average Bonchev–Trinajstić information content (AvgIpc) is 2.69. The first-order valence-corrected chi connectivity index (χ1v) is 7.74. The maximum atomic E-state index is 13.1. The standard InChI is InChI=1S/C17H21FN2O/c18-14-9-7-13(8-10-14)16-15(20-21-17(16)19)11-12-5-3-1-2-4-6-12/h7-10,12H,1-6,11,19H2. The molecule has 3 rings (SSSR count). The lowest BCUT2D eigenvalue weighted by Crippen LogP contribution is -2.04. The number of rotatable bonds is 3. The minimum Gasteiger partial charge on any atom is -0.367 e. The molecule has 0 amide bonds. The van der Waals surface area contributed by atoms with E-state index in [1.54, 1.807) is 12.1 Å². The second kappa shape index (κ2) is 6.29. The van der Waals surface area contributed by atoms with Gasteiger partial charge in [-0.1, -0.05) is 55.8 Å². The van der Waals surface area contributed by atoms with Gasteiger partial charge in [-0.25, -0.2) is 4.39 Å². The number of aromatic nitrogens is 1. The van der Waals surface area contributed by atoms with Gasteiger partial charge in [0, 0.05) is 0 Å². The molecule has 0 atom stereocenters. The number of anilines is 1. The van der Waals surface area contributed by atoms with Gasteiger partial charge in [0.05, 0.1) is 11.3 Å². The van der Waals surface area contributed by atoms with Crippen LogP contribution in [0.2, 0.25) is 0 Å². The summed E-state index contributed by atoms with van der Waals surface area (Å²) in [6.45, 7) is 0. The fourth-order valence-electron chi connectivity index (χ4n) is 3.24. The highest BCUT2D eigenvalue weighted by atomic mass is 19.1. The van der Waals surface area contributed by atoms with Gasteiger partial charge in [-0.15, -0.1) is 0 Å². The summed E-state index contributed by atoms with van der Waals surface area (Å²) in [4.78, 5) is 0. The van der Waals surface area contributed by atoms with Gasteiger partial charge in [-0.3, -0.25) is 0 Å². The van der Waals surface area contributed by atoms with E-state index in [0.29, 0.717) is 11.8 Å². The first-order valence-electron chi connectivity index (χ1n) is 7.74. The van der Waals surface area contributed by atoms with E-state index < -0.39 is 0 Å². The van der Waals surface area contributed by atoms with E-state index in [9.17, 15) is 4.39 Å². The van der Waals surface area contributed by atoms with Crippen molar-refractivity contribution in [2.45, 2.75) is 44.9 Å². The third-order valence-electron chi connectivity index (χ3n) is 4.38. The molecule has 1 heterocycles. The second-order valence-corrected chi connectivity index (χ2v) is 5.94. The van der Waals surface area contributed by atoms with Crippen LogP contribution < -0.4 is 5.73 Å². The summed E-state index contributed by atoms with van der Waals surface area (Å²) < 4.78 is 18.3. The lowest BCUT2D eigenvalue weighted by Gasteiger charge is -2.12. The van der Waals surface area contributed by atoms with Crippen LogP contribution in [-0.2, 0) is 6.42 Å². The molecule has 1 aromatic heterocycles. The Hall–Kier alpha value is -1.84. The third-order valence-corrected chi connectivity index (χ3v) is 4.38. The smallest absolute Gasteiger partial charge is 0.230 e. The molecule has 1 saturated carbocycles. The molecule has 21 heavy (non-hydrogen) atoms. The molecule has 1 fully saturated rings. The predicted octanol–water partition coefficient (Wildman–Crippen LogP) is 4.58. The minimum absolute atomic E-state index is 0.251. The average molecular weight is 288 g/mol. The van der Waals surface area contributed by atoms with Crippen molar-refractivity contribution in [3.63, 3.8) is 0 Å². The molecule has 0 saturated heterocycles. The molecular weight excluding hydrogens is 267 g/mol. The fraction of sp³-hybridized carbons (Fsp3) is 0.471. The number of nitrogen functional groups attached to an aromatic ring is 1. The molecule has 1 aliphatic rings. The molecular formula is C17H21FN2O. The number of nitrogens with zero attached hydrogens (tertiary/aromatic N) is 1. The zero-order valence-electron chi connectivity index (χ0n) is 12.1. The van der Waals surface area contributed by atoms with Gasteiger partial charge >= 0.3 is 0 Å². The van der Waals surface area contributed by atoms with Crippen LogP contribution in [0.4, 0.5) is 10.3 Å². The van der Waals surface area contributed by atoms with E-state index in [-0.39, 0.29) is 5.82 Å². The van der Waals surface area contributed by atoms with Crippen LogP contribution in [0.25, 0.3) is 11.1 Å². The lowest BCUT2D eigenvalue weighted by molar-refractivity contribution is 0.403. The summed E-state index contributed by atoms with van der Waals surface area (Å²) in [5.41, 5.74) is 8.54. The van der Waals surface area contributed by atoms with Crippen molar-refractivity contribution < 1.29 is 8.91 Å². The highest BCUT2D eigenvalue weighted by Gasteiger charge is 2.20. The number of hydrogen-bond acceptors (Lipinski definition) is 3. The van der Waals surface area contributed by atoms with Crippen LogP contribution in [0, 0.1) is 11.7 Å². The van der Waals surface area contributed by atoms with Crippen molar-refractivity contribution >= 4 is 5.88 Å². The van der Waals surface area contributed by atoms with Crippen LogP contribution in [0.15, 0.2) is 28.8 Å². The summed E-state index contributed by atoms with van der Waals surface area (Å²) in [6, 6.07) is 6.35. The molecule has 0 bridgehead atoms. The topological polar surface area (TPSA) is 52.0 Å². The Labute approximate surface area is 124 Å². The molecule has 112 valence electrons. The van der Waals surface area contributed by atoms with Gasteiger partial charge in [-0.2, -0.15) is 0 Å². The number of benzene rings is 1. The molecule has 2 aromatic rings. The Kier molecular flexibility index (Phi) is 4.23. The minimum atomic E-state index is -0.251. The van der Waals surface area contributed by atoms with E-state index in [0.717, 1.165) is 23.2 Å². The Balaban J connectivity index is 1.84. The molecule has 1 aliphatic carbocycles. The molecule has 0 unspecified atom stereocenters. The second-order valence-electron chi connectivity index (χ2n) is 5.94. The first kappa shape index (κ1) is 14.1. The van der Waals surface area contributed by atoms with E-state index >= 15 is 0 Å². The van der Waals surface area contributed by atoms with Crippen molar-refractivity contribution in [2.75, 3.05) is 5.73 Å². The third kappa shape index (κ3) is 3.26. The Morgan fingerprint density at radius 3 is 2.43 bits per heavy atom. The zero-order valence-corrected chi connectivity index (χ0v) is 12.1. The summed E-state index contributed by atoms with van der Waals surface area (Å²) in [7, 11) is 0. The predicted molar refractivity (Wildman–Crippen MR) is 81.2 cm³/mol. The van der Waals surface area contributed by atoms with Gasteiger partial charge < -0.3 is 10.3 Å². The van der Waals surface area contributed by atoms with E-state index in [1.165, 1.54) is 50.7 Å². The molecule has 4 heteroatoms. The van der Waals surface area contributed by atoms with E-state index in [1.807, 2.05) is 0 Å². The van der Waals surface area contributed by atoms with Gasteiger partial charge in [0.15, 0.2) is 0 Å². The van der Waals surface area contributed by atoms with E-state index in [4.69, 9.17) is 10.3 Å². The Morgan fingerprint density at radius 2 is 1.76 bits per heavy atom. The number of hydrogen-bond donors (Lipinski definition) is 1. The molecule has 2 N–H and O–H groups in total. The van der Waals surface area contributed by atoms with Crippen LogP contribution in [0.3, 0.4) is 0 Å². The van der Waals surface area contributed by atoms with Crippen LogP contribution in [-0.4, -0.2) is 5.16 Å². The SMILES string of the molecule is Nc1onc(CC2CCCCCC2)c1-c1ccc(F)cc1. The maximum absolute atomic E-state index is 13.1.